The van der Waals surface area contributed by atoms with E-state index in [1.54, 1.807) is 18.3 Å². The summed E-state index contributed by atoms with van der Waals surface area (Å²) in [6.45, 7) is 3.98. The van der Waals surface area contributed by atoms with Gasteiger partial charge in [0.15, 0.2) is 0 Å². The van der Waals surface area contributed by atoms with Crippen molar-refractivity contribution < 1.29 is 4.74 Å². The van der Waals surface area contributed by atoms with E-state index < -0.39 is 0 Å². The van der Waals surface area contributed by atoms with Crippen LogP contribution in [0.1, 0.15) is 18.4 Å². The molecule has 3 rings (SSSR count). The Morgan fingerprint density at radius 3 is 2.50 bits per heavy atom. The van der Waals surface area contributed by atoms with Crippen LogP contribution in [0.2, 0.25) is 10.0 Å². The minimum absolute atomic E-state index is 0.0596. The Labute approximate surface area is 140 Å². The van der Waals surface area contributed by atoms with E-state index in [0.29, 0.717) is 22.7 Å². The molecule has 1 fully saturated rings. The quantitative estimate of drug-likeness (QED) is 0.910. The number of pyridine rings is 1. The summed E-state index contributed by atoms with van der Waals surface area (Å²) in [6.07, 6.45) is 1.66. The second-order valence-electron chi connectivity index (χ2n) is 5.62. The summed E-state index contributed by atoms with van der Waals surface area (Å²) in [5, 5.41) is 4.83. The van der Waals surface area contributed by atoms with Gasteiger partial charge in [-0.3, -0.25) is 0 Å². The average molecular weight is 337 g/mol. The van der Waals surface area contributed by atoms with E-state index in [1.165, 1.54) is 5.56 Å². The highest BCUT2D eigenvalue weighted by atomic mass is 35.5. The Morgan fingerprint density at radius 1 is 1.09 bits per heavy atom. The molecular weight excluding hydrogens is 319 g/mol. The van der Waals surface area contributed by atoms with E-state index >= 15 is 0 Å². The zero-order valence-electron chi connectivity index (χ0n) is 12.3. The van der Waals surface area contributed by atoms with Crippen LogP contribution in [-0.4, -0.2) is 24.2 Å². The fraction of sp³-hybridized carbons (Fsp3) is 0.353. The van der Waals surface area contributed by atoms with Crippen molar-refractivity contribution >= 4 is 23.2 Å². The van der Waals surface area contributed by atoms with E-state index in [9.17, 15) is 0 Å². The maximum atomic E-state index is 5.99. The number of aromatic nitrogens is 1. The SMILES string of the molecule is C[C@H](Oc1ccc(Cl)cn1)[C@H]1CNC[C@@H]1c1ccc(Cl)cc1. The first-order valence-corrected chi connectivity index (χ1v) is 8.13. The Balaban J connectivity index is 1.71. The summed E-state index contributed by atoms with van der Waals surface area (Å²) in [5.74, 6) is 1.41. The molecule has 0 unspecified atom stereocenters. The maximum Gasteiger partial charge on any atom is 0.213 e. The van der Waals surface area contributed by atoms with Gasteiger partial charge < -0.3 is 10.1 Å². The summed E-state index contributed by atoms with van der Waals surface area (Å²) >= 11 is 11.8. The molecule has 0 spiro atoms. The lowest BCUT2D eigenvalue weighted by Gasteiger charge is -2.25. The fourth-order valence-corrected chi connectivity index (χ4v) is 3.21. The topological polar surface area (TPSA) is 34.1 Å². The van der Waals surface area contributed by atoms with E-state index in [2.05, 4.69) is 29.4 Å². The van der Waals surface area contributed by atoms with Crippen LogP contribution in [0.4, 0.5) is 0 Å². The number of rotatable bonds is 4. The summed E-state index contributed by atoms with van der Waals surface area (Å²) in [7, 11) is 0. The molecule has 116 valence electrons. The van der Waals surface area contributed by atoms with Gasteiger partial charge in [0.1, 0.15) is 6.10 Å². The van der Waals surface area contributed by atoms with Crippen molar-refractivity contribution in [2.75, 3.05) is 13.1 Å². The lowest BCUT2D eigenvalue weighted by atomic mass is 9.86. The molecule has 3 atom stereocenters. The van der Waals surface area contributed by atoms with Crippen LogP contribution in [0, 0.1) is 5.92 Å². The lowest BCUT2D eigenvalue weighted by Crippen LogP contribution is -2.29. The summed E-state index contributed by atoms with van der Waals surface area (Å²) in [6, 6.07) is 11.7. The summed E-state index contributed by atoms with van der Waals surface area (Å²) < 4.78 is 5.99. The molecule has 3 nitrogen and oxygen atoms in total. The zero-order valence-corrected chi connectivity index (χ0v) is 13.8. The van der Waals surface area contributed by atoms with Gasteiger partial charge in [0, 0.05) is 42.2 Å². The van der Waals surface area contributed by atoms with Crippen LogP contribution in [0.5, 0.6) is 5.88 Å². The predicted molar refractivity (Wildman–Crippen MR) is 89.9 cm³/mol. The van der Waals surface area contributed by atoms with Crippen molar-refractivity contribution in [3.63, 3.8) is 0 Å². The van der Waals surface area contributed by atoms with Crippen molar-refractivity contribution in [3.8, 4) is 5.88 Å². The van der Waals surface area contributed by atoms with E-state index in [4.69, 9.17) is 27.9 Å². The third-order valence-corrected chi connectivity index (χ3v) is 4.64. The molecule has 2 heterocycles. The molecule has 0 bridgehead atoms. The standard InChI is InChI=1S/C17H18Cl2N2O/c1-11(22-17-7-6-14(19)8-21-17)15-9-20-10-16(15)12-2-4-13(18)5-3-12/h2-8,11,15-16,20H,9-10H2,1H3/t11-,15+,16+/m0/s1. The van der Waals surface area contributed by atoms with Crippen LogP contribution in [0.15, 0.2) is 42.6 Å². The Bertz CT molecular complexity index is 616. The molecule has 1 aliphatic heterocycles. The molecule has 22 heavy (non-hydrogen) atoms. The number of hydrogen-bond donors (Lipinski definition) is 1. The largest absolute Gasteiger partial charge is 0.474 e. The Morgan fingerprint density at radius 2 is 1.82 bits per heavy atom. The molecule has 1 aromatic heterocycles. The Hall–Kier alpha value is -1.29. The highest BCUT2D eigenvalue weighted by molar-refractivity contribution is 6.30. The van der Waals surface area contributed by atoms with Crippen molar-refractivity contribution in [2.24, 2.45) is 5.92 Å². The molecule has 2 aromatic rings. The lowest BCUT2D eigenvalue weighted by molar-refractivity contribution is 0.145. The number of nitrogens with zero attached hydrogens (tertiary/aromatic N) is 1. The van der Waals surface area contributed by atoms with Gasteiger partial charge in [0.2, 0.25) is 5.88 Å². The maximum absolute atomic E-state index is 5.99. The highest BCUT2D eigenvalue weighted by Gasteiger charge is 2.33. The monoisotopic (exact) mass is 336 g/mol. The van der Waals surface area contributed by atoms with Gasteiger partial charge in [0.05, 0.1) is 5.02 Å². The number of benzene rings is 1. The number of nitrogens with one attached hydrogen (secondary N) is 1. The second-order valence-corrected chi connectivity index (χ2v) is 6.49. The van der Waals surface area contributed by atoms with Crippen molar-refractivity contribution in [1.82, 2.24) is 10.3 Å². The van der Waals surface area contributed by atoms with Gasteiger partial charge in [-0.05, 0) is 30.7 Å². The van der Waals surface area contributed by atoms with Gasteiger partial charge in [-0.1, -0.05) is 35.3 Å². The zero-order chi connectivity index (χ0) is 15.5. The first kappa shape index (κ1) is 15.6. The Kier molecular flexibility index (Phi) is 4.87. The molecule has 1 N–H and O–H groups in total. The molecule has 0 radical (unpaired) electrons. The van der Waals surface area contributed by atoms with E-state index in [1.807, 2.05) is 12.1 Å². The normalized spacial score (nSPS) is 22.5. The average Bonchev–Trinajstić information content (AvgIpc) is 3.00. The van der Waals surface area contributed by atoms with Crippen LogP contribution >= 0.6 is 23.2 Å². The van der Waals surface area contributed by atoms with Crippen molar-refractivity contribution in [3.05, 3.63) is 58.2 Å². The number of ether oxygens (including phenoxy) is 1. The van der Waals surface area contributed by atoms with Crippen LogP contribution in [-0.2, 0) is 0 Å². The molecule has 1 aliphatic rings. The minimum atomic E-state index is 0.0596. The first-order valence-electron chi connectivity index (χ1n) is 7.38. The van der Waals surface area contributed by atoms with Gasteiger partial charge in [0.25, 0.3) is 0 Å². The van der Waals surface area contributed by atoms with Gasteiger partial charge in [-0.15, -0.1) is 0 Å². The molecule has 0 aliphatic carbocycles. The summed E-state index contributed by atoms with van der Waals surface area (Å²) in [4.78, 5) is 4.21. The van der Waals surface area contributed by atoms with Crippen molar-refractivity contribution in [1.29, 1.82) is 0 Å². The smallest absolute Gasteiger partial charge is 0.213 e. The van der Waals surface area contributed by atoms with Crippen LogP contribution in [0.3, 0.4) is 0 Å². The predicted octanol–water partition coefficient (Wildman–Crippen LogP) is 4.16. The third-order valence-electron chi connectivity index (χ3n) is 4.17. The van der Waals surface area contributed by atoms with Crippen LogP contribution in [0.25, 0.3) is 0 Å². The van der Waals surface area contributed by atoms with E-state index in [-0.39, 0.29) is 6.10 Å². The van der Waals surface area contributed by atoms with Crippen LogP contribution < -0.4 is 10.1 Å². The fourth-order valence-electron chi connectivity index (χ4n) is 2.98. The molecule has 1 aromatic carbocycles. The van der Waals surface area contributed by atoms with Gasteiger partial charge in [-0.25, -0.2) is 4.98 Å². The summed E-state index contributed by atoms with van der Waals surface area (Å²) in [5.41, 5.74) is 1.29. The molecular formula is C17H18Cl2N2O. The van der Waals surface area contributed by atoms with E-state index in [0.717, 1.165) is 18.1 Å². The van der Waals surface area contributed by atoms with Crippen molar-refractivity contribution in [2.45, 2.75) is 18.9 Å². The number of hydrogen-bond acceptors (Lipinski definition) is 3. The van der Waals surface area contributed by atoms with Gasteiger partial charge >= 0.3 is 0 Å². The highest BCUT2D eigenvalue weighted by Crippen LogP contribution is 2.32. The third kappa shape index (κ3) is 3.54. The second kappa shape index (κ2) is 6.86. The molecule has 0 saturated carbocycles. The molecule has 0 amide bonds. The number of halogens is 2. The first-order chi connectivity index (χ1) is 10.6. The van der Waals surface area contributed by atoms with Gasteiger partial charge in [-0.2, -0.15) is 0 Å². The minimum Gasteiger partial charge on any atom is -0.474 e. The molecule has 1 saturated heterocycles. The molecule has 5 heteroatoms.